The lowest BCUT2D eigenvalue weighted by Crippen LogP contribution is -2.41. The van der Waals surface area contributed by atoms with Crippen LogP contribution in [-0.4, -0.2) is 42.0 Å². The molecular weight excluding hydrogens is 378 g/mol. The summed E-state index contributed by atoms with van der Waals surface area (Å²) in [4.78, 5) is 33.7. The second kappa shape index (κ2) is 7.36. The van der Waals surface area contributed by atoms with Crippen LogP contribution in [0.3, 0.4) is 0 Å². The Morgan fingerprint density at radius 3 is 2.75 bits per heavy atom. The van der Waals surface area contributed by atoms with Gasteiger partial charge in [0.25, 0.3) is 11.8 Å². The van der Waals surface area contributed by atoms with Gasteiger partial charge < -0.3 is 10.2 Å². The third-order valence-corrected chi connectivity index (χ3v) is 3.30. The zero-order valence-corrected chi connectivity index (χ0v) is 14.0. The van der Waals surface area contributed by atoms with Crippen molar-refractivity contribution in [3.63, 3.8) is 0 Å². The maximum Gasteiger partial charge on any atom is 0.433 e. The van der Waals surface area contributed by atoms with Gasteiger partial charge in [0.2, 0.25) is 11.6 Å². The van der Waals surface area contributed by atoms with Gasteiger partial charge in [0.1, 0.15) is 10.7 Å². The minimum absolute atomic E-state index is 0.0449. The summed E-state index contributed by atoms with van der Waals surface area (Å²) in [6.45, 7) is 1.52. The molecule has 0 saturated carbocycles. The highest BCUT2D eigenvalue weighted by atomic mass is 16.6. The number of nitro groups is 1. The van der Waals surface area contributed by atoms with Crippen LogP contribution in [0.15, 0.2) is 27.3 Å². The van der Waals surface area contributed by atoms with Gasteiger partial charge in [-0.3, -0.25) is 30.6 Å². The summed E-state index contributed by atoms with van der Waals surface area (Å²) in [5, 5.41) is 24.9. The number of hydrogen-bond donors (Lipinski definition) is 3. The molecule has 15 nitrogen and oxygen atoms in total. The molecule has 2 amide bonds. The summed E-state index contributed by atoms with van der Waals surface area (Å²) in [6.07, 6.45) is 2.20. The van der Waals surface area contributed by atoms with Gasteiger partial charge in [-0.15, -0.1) is 5.10 Å². The number of rotatable bonds is 5. The van der Waals surface area contributed by atoms with Gasteiger partial charge in [0, 0.05) is 6.08 Å². The summed E-state index contributed by atoms with van der Waals surface area (Å²) in [6, 6.07) is 2.45. The van der Waals surface area contributed by atoms with Crippen molar-refractivity contribution < 1.29 is 23.6 Å². The molecule has 0 aliphatic heterocycles. The SMILES string of the molecule is Cc1c(C(=O)NNC(=O)/C=C\c2ccc([N+](=O)[O-])o2)nnn1-c1nonc1N. The molecule has 3 aromatic rings. The van der Waals surface area contributed by atoms with Gasteiger partial charge in [-0.05, 0) is 29.4 Å². The molecule has 15 heteroatoms. The Labute approximate surface area is 154 Å². The van der Waals surface area contributed by atoms with Crippen molar-refractivity contribution in [2.24, 2.45) is 0 Å². The Morgan fingerprint density at radius 2 is 2.11 bits per heavy atom. The molecule has 0 aliphatic rings. The number of anilines is 1. The Kier molecular flexibility index (Phi) is 4.79. The molecule has 3 aromatic heterocycles. The number of nitrogens with one attached hydrogen (secondary N) is 2. The molecule has 3 rings (SSSR count). The Morgan fingerprint density at radius 1 is 1.32 bits per heavy atom. The fraction of sp³-hybridized carbons (Fsp3) is 0.0769. The molecular formula is C13H11N9O6. The number of hydrazine groups is 1. The predicted octanol–water partition coefficient (Wildman–Crippen LogP) is -0.483. The maximum atomic E-state index is 12.1. The number of nitrogens with two attached hydrogens (primary N) is 1. The van der Waals surface area contributed by atoms with Crippen LogP contribution in [0.1, 0.15) is 21.9 Å². The molecule has 0 aliphatic carbocycles. The highest BCUT2D eigenvalue weighted by Crippen LogP contribution is 2.16. The molecule has 0 fully saturated rings. The average Bonchev–Trinajstić information content (AvgIpc) is 3.38. The monoisotopic (exact) mass is 389 g/mol. The van der Waals surface area contributed by atoms with Crippen LogP contribution in [0, 0.1) is 17.0 Å². The first kappa shape index (κ1) is 18.2. The average molecular weight is 389 g/mol. The van der Waals surface area contributed by atoms with Crippen molar-refractivity contribution >= 4 is 29.6 Å². The lowest BCUT2D eigenvalue weighted by molar-refractivity contribution is -0.402. The van der Waals surface area contributed by atoms with Crippen molar-refractivity contribution in [3.05, 3.63) is 45.5 Å². The molecule has 0 spiro atoms. The molecule has 0 radical (unpaired) electrons. The van der Waals surface area contributed by atoms with Gasteiger partial charge in [-0.25, -0.2) is 4.63 Å². The molecule has 0 aromatic carbocycles. The zero-order valence-electron chi connectivity index (χ0n) is 14.0. The van der Waals surface area contributed by atoms with Crippen molar-refractivity contribution in [2.75, 3.05) is 5.73 Å². The maximum absolute atomic E-state index is 12.1. The van der Waals surface area contributed by atoms with Crippen LogP contribution in [0.25, 0.3) is 11.9 Å². The van der Waals surface area contributed by atoms with Gasteiger partial charge in [-0.1, -0.05) is 5.21 Å². The van der Waals surface area contributed by atoms with Crippen LogP contribution in [0.4, 0.5) is 11.7 Å². The third-order valence-electron chi connectivity index (χ3n) is 3.30. The van der Waals surface area contributed by atoms with Crippen molar-refractivity contribution in [1.29, 1.82) is 0 Å². The number of carbonyl (C=O) groups excluding carboxylic acids is 2. The minimum Gasteiger partial charge on any atom is -0.401 e. The number of hydrogen-bond acceptors (Lipinski definition) is 11. The number of furan rings is 1. The molecule has 4 N–H and O–H groups in total. The van der Waals surface area contributed by atoms with E-state index in [4.69, 9.17) is 10.2 Å². The highest BCUT2D eigenvalue weighted by Gasteiger charge is 2.21. The predicted molar refractivity (Wildman–Crippen MR) is 88.4 cm³/mol. The fourth-order valence-corrected chi connectivity index (χ4v) is 1.98. The summed E-state index contributed by atoms with van der Waals surface area (Å²) in [5.41, 5.74) is 9.98. The van der Waals surface area contributed by atoms with E-state index in [1.165, 1.54) is 19.1 Å². The topological polar surface area (TPSA) is 210 Å². The van der Waals surface area contributed by atoms with Crippen molar-refractivity contribution in [1.82, 2.24) is 36.2 Å². The molecule has 0 saturated heterocycles. The van der Waals surface area contributed by atoms with E-state index >= 15 is 0 Å². The Hall–Kier alpha value is -4.56. The van der Waals surface area contributed by atoms with Gasteiger partial charge in [-0.2, -0.15) is 4.68 Å². The molecule has 144 valence electrons. The highest BCUT2D eigenvalue weighted by molar-refractivity contribution is 5.97. The van der Waals surface area contributed by atoms with E-state index < -0.39 is 22.6 Å². The largest absolute Gasteiger partial charge is 0.433 e. The standard InChI is InChI=1S/C13H11N9O6/c1-6-10(16-20-21(6)12-11(14)18-28-19-12)13(24)17-15-8(23)4-2-7-3-5-9(27-7)22(25)26/h2-5H,1H3,(H2,14,18)(H,15,23)(H,17,24)/b4-2-. The number of carbonyl (C=O) groups is 2. The van der Waals surface area contributed by atoms with E-state index in [0.29, 0.717) is 0 Å². The summed E-state index contributed by atoms with van der Waals surface area (Å²) in [5.74, 6) is -1.84. The van der Waals surface area contributed by atoms with Crippen molar-refractivity contribution in [2.45, 2.75) is 6.92 Å². The van der Waals surface area contributed by atoms with E-state index in [9.17, 15) is 19.7 Å². The number of amides is 2. The molecule has 0 atom stereocenters. The first-order chi connectivity index (χ1) is 13.4. The van der Waals surface area contributed by atoms with E-state index in [1.54, 1.807) is 0 Å². The number of aromatic nitrogens is 5. The van der Waals surface area contributed by atoms with Crippen LogP contribution < -0.4 is 16.6 Å². The first-order valence-electron chi connectivity index (χ1n) is 7.40. The summed E-state index contributed by atoms with van der Waals surface area (Å²) in [7, 11) is 0. The normalized spacial score (nSPS) is 10.9. The summed E-state index contributed by atoms with van der Waals surface area (Å²) < 4.78 is 10.5. The Bertz CT molecular complexity index is 1080. The molecule has 28 heavy (non-hydrogen) atoms. The first-order valence-corrected chi connectivity index (χ1v) is 7.40. The lowest BCUT2D eigenvalue weighted by atomic mass is 10.3. The van der Waals surface area contributed by atoms with Gasteiger partial charge in [0.15, 0.2) is 5.69 Å². The van der Waals surface area contributed by atoms with Crippen LogP contribution in [0.2, 0.25) is 0 Å². The lowest BCUT2D eigenvalue weighted by Gasteiger charge is -2.03. The Balaban J connectivity index is 1.60. The second-order valence-corrected chi connectivity index (χ2v) is 5.12. The van der Waals surface area contributed by atoms with Gasteiger partial charge in [0.05, 0.1) is 11.8 Å². The summed E-state index contributed by atoms with van der Waals surface area (Å²) >= 11 is 0. The number of nitrogen functional groups attached to an aromatic ring is 1. The van der Waals surface area contributed by atoms with E-state index in [2.05, 4.69) is 36.1 Å². The quantitative estimate of drug-likeness (QED) is 0.288. The van der Waals surface area contributed by atoms with Crippen LogP contribution >= 0.6 is 0 Å². The van der Waals surface area contributed by atoms with E-state index in [-0.39, 0.29) is 28.8 Å². The van der Waals surface area contributed by atoms with Gasteiger partial charge >= 0.3 is 5.88 Å². The van der Waals surface area contributed by atoms with Crippen molar-refractivity contribution in [3.8, 4) is 5.82 Å². The minimum atomic E-state index is -0.755. The van der Waals surface area contributed by atoms with E-state index in [0.717, 1.165) is 16.8 Å². The van der Waals surface area contributed by atoms with Crippen LogP contribution in [-0.2, 0) is 4.79 Å². The van der Waals surface area contributed by atoms with E-state index in [1.807, 2.05) is 0 Å². The third kappa shape index (κ3) is 3.66. The zero-order chi connectivity index (χ0) is 20.3. The molecule has 0 bridgehead atoms. The second-order valence-electron chi connectivity index (χ2n) is 5.12. The smallest absolute Gasteiger partial charge is 0.401 e. The fourth-order valence-electron chi connectivity index (χ4n) is 1.98. The molecule has 0 unspecified atom stereocenters. The number of nitrogens with zero attached hydrogens (tertiary/aromatic N) is 6. The van der Waals surface area contributed by atoms with Crippen LogP contribution in [0.5, 0.6) is 0 Å². The molecule has 3 heterocycles.